The highest BCUT2D eigenvalue weighted by Crippen LogP contribution is 2.27. The number of fused-ring (bicyclic) bond motifs is 1. The minimum absolute atomic E-state index is 0.237. The molecule has 0 saturated carbocycles. The number of anilines is 1. The molecule has 112 valence electrons. The van der Waals surface area contributed by atoms with Crippen LogP contribution >= 0.6 is 0 Å². The Bertz CT molecular complexity index is 738. The Balaban J connectivity index is 1.93. The lowest BCUT2D eigenvalue weighted by molar-refractivity contribution is 0.455. The van der Waals surface area contributed by atoms with Crippen LogP contribution in [0.3, 0.4) is 0 Å². The predicted octanol–water partition coefficient (Wildman–Crippen LogP) is 2.93. The molecule has 3 aromatic heterocycles. The Kier molecular flexibility index (Phi) is 3.45. The molecule has 6 nitrogen and oxygen atoms in total. The first-order valence-corrected chi connectivity index (χ1v) is 7.35. The van der Waals surface area contributed by atoms with Gasteiger partial charge in [0.2, 0.25) is 5.95 Å². The molecule has 0 aromatic carbocycles. The molecule has 0 spiro atoms. The van der Waals surface area contributed by atoms with Gasteiger partial charge in [-0.25, -0.2) is 9.67 Å². The fourth-order valence-electron chi connectivity index (χ4n) is 2.80. The maximum absolute atomic E-state index is 6.13. The number of imidazole rings is 1. The Labute approximate surface area is 123 Å². The summed E-state index contributed by atoms with van der Waals surface area (Å²) >= 11 is 0. The number of nitrogens with two attached hydrogens (primary N) is 1. The Hall–Kier alpha value is -2.24. The predicted molar refractivity (Wildman–Crippen MR) is 82.1 cm³/mol. The molecule has 1 atom stereocenters. The van der Waals surface area contributed by atoms with Crippen LogP contribution in [0.4, 0.5) is 5.95 Å². The summed E-state index contributed by atoms with van der Waals surface area (Å²) in [6.45, 7) is 7.01. The molecule has 3 rings (SSSR count). The van der Waals surface area contributed by atoms with Crippen LogP contribution < -0.4 is 5.73 Å². The Morgan fingerprint density at radius 2 is 2.24 bits per heavy atom. The van der Waals surface area contributed by atoms with Gasteiger partial charge in [-0.2, -0.15) is 5.10 Å². The van der Waals surface area contributed by atoms with Gasteiger partial charge in [-0.15, -0.1) is 0 Å². The van der Waals surface area contributed by atoms with Gasteiger partial charge in [0.15, 0.2) is 5.65 Å². The third kappa shape index (κ3) is 2.30. The summed E-state index contributed by atoms with van der Waals surface area (Å²) in [4.78, 5) is 4.48. The molecular weight excluding hydrogens is 266 g/mol. The van der Waals surface area contributed by atoms with E-state index in [0.29, 0.717) is 5.95 Å². The average molecular weight is 287 g/mol. The number of nitrogen functional groups attached to an aromatic ring is 1. The van der Waals surface area contributed by atoms with Gasteiger partial charge in [-0.1, -0.05) is 0 Å². The van der Waals surface area contributed by atoms with Gasteiger partial charge in [0.1, 0.15) is 11.3 Å². The molecule has 0 saturated heterocycles. The molecule has 0 aliphatic carbocycles. The molecule has 0 amide bonds. The van der Waals surface area contributed by atoms with E-state index in [1.807, 2.05) is 23.7 Å². The van der Waals surface area contributed by atoms with Gasteiger partial charge in [0, 0.05) is 19.0 Å². The van der Waals surface area contributed by atoms with Crippen molar-refractivity contribution in [2.45, 2.75) is 46.2 Å². The van der Waals surface area contributed by atoms with Crippen LogP contribution in [-0.4, -0.2) is 19.3 Å². The van der Waals surface area contributed by atoms with E-state index in [2.05, 4.69) is 28.5 Å². The molecule has 21 heavy (non-hydrogen) atoms. The lowest BCUT2D eigenvalue weighted by Gasteiger charge is -2.16. The quantitative estimate of drug-likeness (QED) is 0.783. The summed E-state index contributed by atoms with van der Waals surface area (Å²) in [5.74, 6) is 1.55. The lowest BCUT2D eigenvalue weighted by atomic mass is 10.1. The topological polar surface area (TPSA) is 74.8 Å². The monoisotopic (exact) mass is 287 g/mol. The zero-order valence-corrected chi connectivity index (χ0v) is 12.7. The number of rotatable bonds is 5. The van der Waals surface area contributed by atoms with Crippen LogP contribution in [0.2, 0.25) is 0 Å². The summed E-state index contributed by atoms with van der Waals surface area (Å²) in [5, 5.41) is 4.52. The van der Waals surface area contributed by atoms with Crippen LogP contribution in [0.1, 0.15) is 37.8 Å². The van der Waals surface area contributed by atoms with Crippen molar-refractivity contribution < 1.29 is 4.42 Å². The van der Waals surface area contributed by atoms with Gasteiger partial charge in [0.05, 0.1) is 12.0 Å². The largest absolute Gasteiger partial charge is 0.469 e. The van der Waals surface area contributed by atoms with E-state index in [-0.39, 0.29) is 6.04 Å². The van der Waals surface area contributed by atoms with E-state index >= 15 is 0 Å². The van der Waals surface area contributed by atoms with Gasteiger partial charge in [0.25, 0.3) is 0 Å². The SMILES string of the molecule is CCn1nc(C)c2nc(N)n(C(C)CCc3ccco3)c21. The number of nitrogens with zero attached hydrogens (tertiary/aromatic N) is 4. The molecular formula is C15H21N5O. The van der Waals surface area contributed by atoms with E-state index in [1.54, 1.807) is 6.26 Å². The van der Waals surface area contributed by atoms with Gasteiger partial charge in [-0.05, 0) is 39.3 Å². The van der Waals surface area contributed by atoms with Crippen molar-refractivity contribution in [2.24, 2.45) is 0 Å². The van der Waals surface area contributed by atoms with Crippen LogP contribution in [-0.2, 0) is 13.0 Å². The molecule has 3 aromatic rings. The van der Waals surface area contributed by atoms with Crippen LogP contribution in [0, 0.1) is 6.92 Å². The second-order valence-corrected chi connectivity index (χ2v) is 5.38. The fourth-order valence-corrected chi connectivity index (χ4v) is 2.80. The van der Waals surface area contributed by atoms with Crippen molar-refractivity contribution in [1.29, 1.82) is 0 Å². The Morgan fingerprint density at radius 1 is 1.43 bits per heavy atom. The van der Waals surface area contributed by atoms with Crippen molar-refractivity contribution in [3.63, 3.8) is 0 Å². The second-order valence-electron chi connectivity index (χ2n) is 5.38. The number of aryl methyl sites for hydroxylation is 3. The summed E-state index contributed by atoms with van der Waals surface area (Å²) in [6, 6.07) is 4.15. The molecule has 0 radical (unpaired) electrons. The molecule has 6 heteroatoms. The third-order valence-corrected chi connectivity index (χ3v) is 3.90. The van der Waals surface area contributed by atoms with Gasteiger partial charge < -0.3 is 10.2 Å². The normalized spacial score (nSPS) is 13.1. The number of hydrogen-bond donors (Lipinski definition) is 1. The van der Waals surface area contributed by atoms with Gasteiger partial charge >= 0.3 is 0 Å². The van der Waals surface area contributed by atoms with Crippen molar-refractivity contribution in [3.05, 3.63) is 29.9 Å². The summed E-state index contributed by atoms with van der Waals surface area (Å²) in [7, 11) is 0. The van der Waals surface area contributed by atoms with Gasteiger partial charge in [-0.3, -0.25) is 4.57 Å². The first-order valence-electron chi connectivity index (χ1n) is 7.35. The summed E-state index contributed by atoms with van der Waals surface area (Å²) in [6.07, 6.45) is 3.53. The van der Waals surface area contributed by atoms with Crippen LogP contribution in [0.15, 0.2) is 22.8 Å². The van der Waals surface area contributed by atoms with Crippen LogP contribution in [0.5, 0.6) is 0 Å². The molecule has 2 N–H and O–H groups in total. The first kappa shape index (κ1) is 13.7. The van der Waals surface area contributed by atoms with Crippen molar-refractivity contribution in [2.75, 3.05) is 5.73 Å². The van der Waals surface area contributed by atoms with Crippen LogP contribution in [0.25, 0.3) is 11.2 Å². The lowest BCUT2D eigenvalue weighted by Crippen LogP contribution is -2.13. The minimum atomic E-state index is 0.237. The summed E-state index contributed by atoms with van der Waals surface area (Å²) in [5.41, 5.74) is 8.97. The standard InChI is InChI=1S/C15H21N5O/c1-4-19-14-13(11(3)18-19)17-15(16)20(14)10(2)7-8-12-6-5-9-21-12/h5-6,9-10H,4,7-8H2,1-3H3,(H2,16,17). The molecule has 0 fully saturated rings. The molecule has 1 unspecified atom stereocenters. The zero-order chi connectivity index (χ0) is 15.0. The third-order valence-electron chi connectivity index (χ3n) is 3.90. The van der Waals surface area contributed by atoms with E-state index in [4.69, 9.17) is 10.2 Å². The summed E-state index contributed by atoms with van der Waals surface area (Å²) < 4.78 is 9.45. The Morgan fingerprint density at radius 3 is 2.90 bits per heavy atom. The minimum Gasteiger partial charge on any atom is -0.469 e. The fraction of sp³-hybridized carbons (Fsp3) is 0.467. The van der Waals surface area contributed by atoms with Crippen molar-refractivity contribution in [3.8, 4) is 0 Å². The average Bonchev–Trinajstić information content (AvgIpc) is 3.14. The van der Waals surface area contributed by atoms with Crippen molar-refractivity contribution in [1.82, 2.24) is 19.3 Å². The molecule has 0 aliphatic heterocycles. The first-order chi connectivity index (χ1) is 10.1. The smallest absolute Gasteiger partial charge is 0.202 e. The van der Waals surface area contributed by atoms with E-state index in [0.717, 1.165) is 42.0 Å². The zero-order valence-electron chi connectivity index (χ0n) is 12.7. The molecule has 3 heterocycles. The van der Waals surface area contributed by atoms with E-state index < -0.39 is 0 Å². The van der Waals surface area contributed by atoms with E-state index in [1.165, 1.54) is 0 Å². The highest BCUT2D eigenvalue weighted by Gasteiger charge is 2.20. The highest BCUT2D eigenvalue weighted by atomic mass is 16.3. The number of aromatic nitrogens is 4. The molecule has 0 aliphatic rings. The van der Waals surface area contributed by atoms with E-state index in [9.17, 15) is 0 Å². The number of furan rings is 1. The van der Waals surface area contributed by atoms with Crippen molar-refractivity contribution >= 4 is 17.1 Å². The second kappa shape index (κ2) is 5.27. The maximum Gasteiger partial charge on any atom is 0.202 e. The maximum atomic E-state index is 6.13. The molecule has 0 bridgehead atoms. The number of hydrogen-bond acceptors (Lipinski definition) is 4. The highest BCUT2D eigenvalue weighted by molar-refractivity contribution is 5.77.